The summed E-state index contributed by atoms with van der Waals surface area (Å²) in [5, 5.41) is 23.1. The lowest BCUT2D eigenvalue weighted by Crippen LogP contribution is -2.54. The van der Waals surface area contributed by atoms with Crippen molar-refractivity contribution in [2.75, 3.05) is 25.0 Å². The first-order valence-electron chi connectivity index (χ1n) is 10.7. The molecular weight excluding hydrogens is 418 g/mol. The van der Waals surface area contributed by atoms with Gasteiger partial charge in [-0.1, -0.05) is 20.3 Å². The molecule has 2 unspecified atom stereocenters. The molecule has 0 saturated heterocycles. The highest BCUT2D eigenvalue weighted by atomic mass is 32.2. The Balaban J connectivity index is 2.97. The average molecular weight is 456 g/mol. The van der Waals surface area contributed by atoms with Crippen LogP contribution in [0.5, 0.6) is 0 Å². The van der Waals surface area contributed by atoms with Crippen LogP contribution in [0.3, 0.4) is 0 Å². The molecule has 0 bridgehead atoms. The third-order valence-electron chi connectivity index (χ3n) is 4.81. The predicted molar refractivity (Wildman–Crippen MR) is 125 cm³/mol. The minimum absolute atomic E-state index is 0.0376. The molecular formula is C21H37N5O4S. The third-order valence-corrected chi connectivity index (χ3v) is 7.06. The summed E-state index contributed by atoms with van der Waals surface area (Å²) < 4.78 is 27.2. The van der Waals surface area contributed by atoms with Gasteiger partial charge in [-0.3, -0.25) is 10.2 Å². The van der Waals surface area contributed by atoms with Crippen molar-refractivity contribution in [1.29, 1.82) is 5.41 Å². The van der Waals surface area contributed by atoms with Crippen molar-refractivity contribution in [3.8, 4) is 0 Å². The lowest BCUT2D eigenvalue weighted by Gasteiger charge is -2.33. The van der Waals surface area contributed by atoms with Gasteiger partial charge in [0.1, 0.15) is 11.9 Å². The van der Waals surface area contributed by atoms with E-state index in [1.165, 1.54) is 0 Å². The number of carbonyl (C=O) groups excluding carboxylic acids is 1. The SMILES string of the molecule is CCCNC(=O)C(CCC)N(CC(O)CNc1ccc(C(=N)N)cc1)S(=O)(=O)C(C)C. The van der Waals surface area contributed by atoms with E-state index in [2.05, 4.69) is 10.6 Å². The number of hydrogen-bond acceptors (Lipinski definition) is 6. The lowest BCUT2D eigenvalue weighted by molar-refractivity contribution is -0.125. The maximum Gasteiger partial charge on any atom is 0.238 e. The zero-order valence-corrected chi connectivity index (χ0v) is 19.7. The molecule has 0 aromatic heterocycles. The first-order valence-corrected chi connectivity index (χ1v) is 12.2. The topological polar surface area (TPSA) is 149 Å². The number of rotatable bonds is 14. The number of aliphatic hydroxyl groups is 1. The second kappa shape index (κ2) is 12.6. The van der Waals surface area contributed by atoms with Crippen LogP contribution in [0, 0.1) is 5.41 Å². The second-order valence-electron chi connectivity index (χ2n) is 7.78. The number of amides is 1. The summed E-state index contributed by atoms with van der Waals surface area (Å²) in [7, 11) is -3.78. The number of aliphatic hydroxyl groups excluding tert-OH is 1. The van der Waals surface area contributed by atoms with Crippen LogP contribution in [0.25, 0.3) is 0 Å². The summed E-state index contributed by atoms with van der Waals surface area (Å²) in [6.45, 7) is 7.32. The van der Waals surface area contributed by atoms with Crippen LogP contribution in [0.4, 0.5) is 5.69 Å². The molecule has 0 aliphatic carbocycles. The van der Waals surface area contributed by atoms with Gasteiger partial charge in [-0.05, 0) is 51.0 Å². The molecule has 0 heterocycles. The maximum atomic E-state index is 13.0. The van der Waals surface area contributed by atoms with Gasteiger partial charge in [-0.15, -0.1) is 0 Å². The van der Waals surface area contributed by atoms with E-state index in [9.17, 15) is 18.3 Å². The Kier molecular flexibility index (Phi) is 10.9. The quantitative estimate of drug-likeness (QED) is 0.212. The van der Waals surface area contributed by atoms with Crippen molar-refractivity contribution in [3.63, 3.8) is 0 Å². The molecule has 0 aliphatic heterocycles. The fraction of sp³-hybridized carbons (Fsp3) is 0.619. The molecule has 10 heteroatoms. The van der Waals surface area contributed by atoms with Gasteiger partial charge in [0.2, 0.25) is 15.9 Å². The van der Waals surface area contributed by atoms with Gasteiger partial charge >= 0.3 is 0 Å². The minimum Gasteiger partial charge on any atom is -0.390 e. The number of anilines is 1. The lowest BCUT2D eigenvalue weighted by atomic mass is 10.1. The van der Waals surface area contributed by atoms with E-state index in [0.717, 1.165) is 10.7 Å². The summed E-state index contributed by atoms with van der Waals surface area (Å²) in [5.41, 5.74) is 6.73. The number of hydrogen-bond donors (Lipinski definition) is 5. The molecule has 176 valence electrons. The highest BCUT2D eigenvalue weighted by molar-refractivity contribution is 7.89. The monoisotopic (exact) mass is 455 g/mol. The Hall–Kier alpha value is -2.17. The molecule has 1 aromatic rings. The number of nitrogens with zero attached hydrogens (tertiary/aromatic N) is 1. The van der Waals surface area contributed by atoms with Crippen LogP contribution >= 0.6 is 0 Å². The highest BCUT2D eigenvalue weighted by Gasteiger charge is 2.37. The molecule has 2 atom stereocenters. The normalized spacial score (nSPS) is 13.8. The summed E-state index contributed by atoms with van der Waals surface area (Å²) in [5.74, 6) is -0.377. The minimum atomic E-state index is -3.78. The maximum absolute atomic E-state index is 13.0. The molecule has 1 aromatic carbocycles. The van der Waals surface area contributed by atoms with Crippen LogP contribution in [0.2, 0.25) is 0 Å². The number of nitrogens with two attached hydrogens (primary N) is 1. The predicted octanol–water partition coefficient (Wildman–Crippen LogP) is 1.48. The largest absolute Gasteiger partial charge is 0.390 e. The van der Waals surface area contributed by atoms with E-state index in [1.54, 1.807) is 38.1 Å². The molecule has 1 amide bonds. The highest BCUT2D eigenvalue weighted by Crippen LogP contribution is 2.18. The van der Waals surface area contributed by atoms with E-state index in [0.29, 0.717) is 30.6 Å². The second-order valence-corrected chi connectivity index (χ2v) is 10.2. The van der Waals surface area contributed by atoms with Crippen molar-refractivity contribution in [1.82, 2.24) is 9.62 Å². The summed E-state index contributed by atoms with van der Waals surface area (Å²) >= 11 is 0. The number of nitrogen functional groups attached to an aromatic ring is 1. The van der Waals surface area contributed by atoms with Crippen LogP contribution in [-0.4, -0.2) is 66.6 Å². The number of sulfonamides is 1. The standard InChI is InChI=1S/C21H37N5O4S/c1-5-7-19(21(28)24-12-6-2)26(31(29,30)15(3)4)14-18(27)13-25-17-10-8-16(9-11-17)20(22)23/h8-11,15,18-19,25,27H,5-7,12-14H2,1-4H3,(H3,22,23)(H,24,28). The van der Waals surface area contributed by atoms with Gasteiger partial charge in [-0.25, -0.2) is 8.42 Å². The first kappa shape index (κ1) is 26.9. The van der Waals surface area contributed by atoms with Gasteiger partial charge in [0.05, 0.1) is 11.4 Å². The van der Waals surface area contributed by atoms with Gasteiger partial charge in [0.15, 0.2) is 0 Å². The fourth-order valence-corrected chi connectivity index (χ4v) is 4.48. The van der Waals surface area contributed by atoms with E-state index in [1.807, 2.05) is 13.8 Å². The number of carbonyl (C=O) groups is 1. The van der Waals surface area contributed by atoms with Gasteiger partial charge in [0, 0.05) is 30.9 Å². The Morgan fingerprint density at radius 1 is 1.19 bits per heavy atom. The first-order chi connectivity index (χ1) is 14.5. The van der Waals surface area contributed by atoms with Crippen molar-refractivity contribution < 1.29 is 18.3 Å². The van der Waals surface area contributed by atoms with Gasteiger partial charge < -0.3 is 21.5 Å². The van der Waals surface area contributed by atoms with E-state index >= 15 is 0 Å². The number of nitrogens with one attached hydrogen (secondary N) is 3. The van der Waals surface area contributed by atoms with Crippen LogP contribution < -0.4 is 16.4 Å². The van der Waals surface area contributed by atoms with Crippen molar-refractivity contribution in [2.24, 2.45) is 5.73 Å². The van der Waals surface area contributed by atoms with Gasteiger partial charge in [0.25, 0.3) is 0 Å². The van der Waals surface area contributed by atoms with Gasteiger partial charge in [-0.2, -0.15) is 4.31 Å². The van der Waals surface area contributed by atoms with E-state index < -0.39 is 27.4 Å². The zero-order chi connectivity index (χ0) is 23.6. The average Bonchev–Trinajstić information content (AvgIpc) is 2.72. The van der Waals surface area contributed by atoms with Crippen LogP contribution in [0.1, 0.15) is 52.5 Å². The fourth-order valence-electron chi connectivity index (χ4n) is 3.00. The molecule has 1 rings (SSSR count). The zero-order valence-electron chi connectivity index (χ0n) is 18.9. The molecule has 31 heavy (non-hydrogen) atoms. The third kappa shape index (κ3) is 8.12. The summed E-state index contributed by atoms with van der Waals surface area (Å²) in [4.78, 5) is 12.7. The van der Waals surface area contributed by atoms with Crippen molar-refractivity contribution in [2.45, 2.75) is 64.4 Å². The molecule has 9 nitrogen and oxygen atoms in total. The Labute approximate surface area is 186 Å². The van der Waals surface area contributed by atoms with Crippen molar-refractivity contribution >= 4 is 27.5 Å². The van der Waals surface area contributed by atoms with Crippen LogP contribution in [0.15, 0.2) is 24.3 Å². The smallest absolute Gasteiger partial charge is 0.238 e. The number of benzene rings is 1. The van der Waals surface area contributed by atoms with Crippen LogP contribution in [-0.2, 0) is 14.8 Å². The molecule has 0 fully saturated rings. The Morgan fingerprint density at radius 3 is 2.29 bits per heavy atom. The molecule has 0 radical (unpaired) electrons. The van der Waals surface area contributed by atoms with E-state index in [-0.39, 0.29) is 24.8 Å². The Morgan fingerprint density at radius 2 is 1.81 bits per heavy atom. The molecule has 0 spiro atoms. The molecule has 0 saturated carbocycles. The number of amidine groups is 1. The Bertz CT molecular complexity index is 812. The molecule has 6 N–H and O–H groups in total. The summed E-state index contributed by atoms with van der Waals surface area (Å²) in [6.07, 6.45) is 0.717. The van der Waals surface area contributed by atoms with Crippen molar-refractivity contribution in [3.05, 3.63) is 29.8 Å². The summed E-state index contributed by atoms with van der Waals surface area (Å²) in [6, 6.07) is 5.95. The van der Waals surface area contributed by atoms with E-state index in [4.69, 9.17) is 11.1 Å². The molecule has 0 aliphatic rings.